The maximum absolute atomic E-state index is 12.7. The Hall–Kier alpha value is -3.70. The molecule has 0 radical (unpaired) electrons. The summed E-state index contributed by atoms with van der Waals surface area (Å²) >= 11 is 0. The standard InChI is InChI=1S/C22H19N5O2S/c1-14(2)29-17-6-7-20-19(12-17)22(26-25-20)16-8-9-24-21(11-16)27-30(28)18-5-3-4-15(10-18)13-23/h3-12,14H,1-2H3,(H,24,27)(H,25,26). The molecule has 0 amide bonds. The van der Waals surface area contributed by atoms with Gasteiger partial charge in [-0.25, -0.2) is 9.19 Å². The Morgan fingerprint density at radius 1 is 1.17 bits per heavy atom. The molecule has 4 rings (SSSR count). The molecule has 2 aromatic carbocycles. The van der Waals surface area contributed by atoms with E-state index in [1.807, 2.05) is 44.2 Å². The number of pyridine rings is 1. The van der Waals surface area contributed by atoms with Crippen LogP contribution < -0.4 is 9.46 Å². The third-order valence-electron chi connectivity index (χ3n) is 4.31. The number of hydrogen-bond acceptors (Lipinski definition) is 5. The normalized spacial score (nSPS) is 11.9. The molecule has 2 heterocycles. The molecule has 0 fully saturated rings. The first kappa shape index (κ1) is 19.6. The minimum Gasteiger partial charge on any atom is -0.491 e. The highest BCUT2D eigenvalue weighted by Crippen LogP contribution is 2.30. The molecule has 30 heavy (non-hydrogen) atoms. The zero-order chi connectivity index (χ0) is 21.1. The van der Waals surface area contributed by atoms with Crippen LogP contribution in [0, 0.1) is 11.3 Å². The SMILES string of the molecule is CC(C)Oc1ccc2[nH]nc(-c3ccnc(NS(=O)c4cccc(C#N)c4)c3)c2c1. The van der Waals surface area contributed by atoms with Gasteiger partial charge in [-0.1, -0.05) is 6.07 Å². The quantitative estimate of drug-likeness (QED) is 0.483. The molecular formula is C22H19N5O2S. The molecule has 0 saturated heterocycles. The molecule has 2 aromatic heterocycles. The number of nitrogens with one attached hydrogen (secondary N) is 2. The third-order valence-corrected chi connectivity index (χ3v) is 5.39. The lowest BCUT2D eigenvalue weighted by Gasteiger charge is -2.10. The zero-order valence-corrected chi connectivity index (χ0v) is 17.2. The predicted octanol–water partition coefficient (Wildman–Crippen LogP) is 4.42. The van der Waals surface area contributed by atoms with Crippen LogP contribution in [0.5, 0.6) is 5.75 Å². The van der Waals surface area contributed by atoms with Crippen molar-refractivity contribution in [1.82, 2.24) is 15.2 Å². The lowest BCUT2D eigenvalue weighted by atomic mass is 10.1. The van der Waals surface area contributed by atoms with Crippen LogP contribution in [-0.4, -0.2) is 25.5 Å². The first-order valence-corrected chi connectivity index (χ1v) is 10.5. The van der Waals surface area contributed by atoms with E-state index in [1.165, 1.54) is 0 Å². The minimum absolute atomic E-state index is 0.0732. The summed E-state index contributed by atoms with van der Waals surface area (Å²) in [6.45, 7) is 3.96. The molecule has 0 saturated carbocycles. The summed E-state index contributed by atoms with van der Waals surface area (Å²) in [4.78, 5) is 4.76. The van der Waals surface area contributed by atoms with Gasteiger partial charge in [0.2, 0.25) is 0 Å². The Bertz CT molecular complexity index is 1280. The second-order valence-corrected chi connectivity index (χ2v) is 8.10. The van der Waals surface area contributed by atoms with Crippen molar-refractivity contribution in [3.8, 4) is 23.1 Å². The molecule has 4 aromatic rings. The first-order valence-electron chi connectivity index (χ1n) is 9.33. The van der Waals surface area contributed by atoms with E-state index < -0.39 is 11.0 Å². The van der Waals surface area contributed by atoms with Crippen LogP contribution in [0.1, 0.15) is 19.4 Å². The number of fused-ring (bicyclic) bond motifs is 1. The van der Waals surface area contributed by atoms with Gasteiger partial charge in [0.25, 0.3) is 0 Å². The van der Waals surface area contributed by atoms with Crippen LogP contribution in [-0.2, 0) is 11.0 Å². The number of rotatable bonds is 6. The van der Waals surface area contributed by atoms with E-state index in [9.17, 15) is 4.21 Å². The van der Waals surface area contributed by atoms with Crippen molar-refractivity contribution in [3.63, 3.8) is 0 Å². The molecule has 2 N–H and O–H groups in total. The molecular weight excluding hydrogens is 398 g/mol. The number of nitrogens with zero attached hydrogens (tertiary/aromatic N) is 3. The highest BCUT2D eigenvalue weighted by molar-refractivity contribution is 7.86. The Kier molecular flexibility index (Phi) is 5.46. The molecule has 0 aliphatic rings. The lowest BCUT2D eigenvalue weighted by molar-refractivity contribution is 0.243. The summed E-state index contributed by atoms with van der Waals surface area (Å²) in [5.74, 6) is 1.21. The van der Waals surface area contributed by atoms with E-state index in [4.69, 9.17) is 10.00 Å². The summed E-state index contributed by atoms with van der Waals surface area (Å²) in [7, 11) is -1.55. The van der Waals surface area contributed by atoms with Gasteiger partial charge in [-0.05, 0) is 62.4 Å². The van der Waals surface area contributed by atoms with Crippen molar-refractivity contribution >= 4 is 27.7 Å². The fourth-order valence-corrected chi connectivity index (χ4v) is 3.88. The fourth-order valence-electron chi connectivity index (χ4n) is 3.03. The van der Waals surface area contributed by atoms with Crippen LogP contribution in [0.4, 0.5) is 5.82 Å². The molecule has 1 unspecified atom stereocenters. The molecule has 0 aliphatic heterocycles. The second kappa shape index (κ2) is 8.35. The van der Waals surface area contributed by atoms with E-state index in [0.717, 1.165) is 27.9 Å². The van der Waals surface area contributed by atoms with Crippen molar-refractivity contribution < 1.29 is 8.95 Å². The number of benzene rings is 2. The van der Waals surface area contributed by atoms with E-state index in [1.54, 1.807) is 36.5 Å². The van der Waals surface area contributed by atoms with E-state index in [2.05, 4.69) is 19.9 Å². The van der Waals surface area contributed by atoms with Crippen molar-refractivity contribution in [2.24, 2.45) is 0 Å². The van der Waals surface area contributed by atoms with Crippen molar-refractivity contribution in [2.45, 2.75) is 24.8 Å². The van der Waals surface area contributed by atoms with Gasteiger partial charge in [0.05, 0.1) is 28.1 Å². The molecule has 8 heteroatoms. The highest BCUT2D eigenvalue weighted by atomic mass is 32.2. The van der Waals surface area contributed by atoms with Gasteiger partial charge in [-0.2, -0.15) is 10.4 Å². The molecule has 150 valence electrons. The summed E-state index contributed by atoms with van der Waals surface area (Å²) < 4.78 is 21.3. The van der Waals surface area contributed by atoms with Gasteiger partial charge in [0.15, 0.2) is 11.0 Å². The van der Waals surface area contributed by atoms with E-state index in [0.29, 0.717) is 16.3 Å². The average molecular weight is 417 g/mol. The minimum atomic E-state index is -1.55. The smallest absolute Gasteiger partial charge is 0.151 e. The van der Waals surface area contributed by atoms with Gasteiger partial charge in [0, 0.05) is 17.1 Å². The summed E-state index contributed by atoms with van der Waals surface area (Å²) in [6.07, 6.45) is 1.71. The van der Waals surface area contributed by atoms with Gasteiger partial charge >= 0.3 is 0 Å². The van der Waals surface area contributed by atoms with E-state index in [-0.39, 0.29) is 6.10 Å². The van der Waals surface area contributed by atoms with Crippen LogP contribution in [0.3, 0.4) is 0 Å². The average Bonchev–Trinajstić information content (AvgIpc) is 3.17. The van der Waals surface area contributed by atoms with E-state index >= 15 is 0 Å². The molecule has 0 spiro atoms. The van der Waals surface area contributed by atoms with Crippen LogP contribution in [0.15, 0.2) is 65.7 Å². The molecule has 1 atom stereocenters. The van der Waals surface area contributed by atoms with Gasteiger partial charge < -0.3 is 4.74 Å². The van der Waals surface area contributed by atoms with Crippen LogP contribution in [0.2, 0.25) is 0 Å². The first-order chi connectivity index (χ1) is 14.5. The highest BCUT2D eigenvalue weighted by Gasteiger charge is 2.12. The fraction of sp³-hybridized carbons (Fsp3) is 0.136. The second-order valence-electron chi connectivity index (χ2n) is 6.89. The van der Waals surface area contributed by atoms with Crippen molar-refractivity contribution in [1.29, 1.82) is 5.26 Å². The summed E-state index contributed by atoms with van der Waals surface area (Å²) in [5, 5.41) is 17.4. The largest absolute Gasteiger partial charge is 0.491 e. The maximum atomic E-state index is 12.7. The lowest BCUT2D eigenvalue weighted by Crippen LogP contribution is -2.06. The number of nitriles is 1. The predicted molar refractivity (Wildman–Crippen MR) is 116 cm³/mol. The van der Waals surface area contributed by atoms with Crippen molar-refractivity contribution in [3.05, 3.63) is 66.4 Å². The molecule has 0 aliphatic carbocycles. The number of aromatic nitrogens is 3. The Morgan fingerprint density at radius 3 is 2.83 bits per heavy atom. The molecule has 7 nitrogen and oxygen atoms in total. The maximum Gasteiger partial charge on any atom is 0.151 e. The number of ether oxygens (including phenoxy) is 1. The Labute approximate surface area is 176 Å². The number of H-pyrrole nitrogens is 1. The topological polar surface area (TPSA) is 104 Å². The van der Waals surface area contributed by atoms with Crippen LogP contribution in [0.25, 0.3) is 22.2 Å². The van der Waals surface area contributed by atoms with Gasteiger partial charge in [-0.15, -0.1) is 0 Å². The van der Waals surface area contributed by atoms with Gasteiger partial charge in [0.1, 0.15) is 17.3 Å². The third kappa shape index (κ3) is 4.16. The monoisotopic (exact) mass is 417 g/mol. The van der Waals surface area contributed by atoms with Gasteiger partial charge in [-0.3, -0.25) is 9.82 Å². The number of aromatic amines is 1. The molecule has 0 bridgehead atoms. The Balaban J connectivity index is 1.63. The summed E-state index contributed by atoms with van der Waals surface area (Å²) in [6, 6.07) is 18.1. The number of anilines is 1. The van der Waals surface area contributed by atoms with Crippen LogP contribution >= 0.6 is 0 Å². The summed E-state index contributed by atoms with van der Waals surface area (Å²) in [5.41, 5.74) is 2.92. The zero-order valence-electron chi connectivity index (χ0n) is 16.4. The Morgan fingerprint density at radius 2 is 2.03 bits per heavy atom. The number of hydrogen-bond donors (Lipinski definition) is 2. The van der Waals surface area contributed by atoms with Crippen molar-refractivity contribution in [2.75, 3.05) is 4.72 Å².